The highest BCUT2D eigenvalue weighted by Crippen LogP contribution is 2.29. The minimum Gasteiger partial charge on any atom is -0.438 e. The van der Waals surface area contributed by atoms with E-state index < -0.39 is 0 Å². The zero-order valence-corrected chi connectivity index (χ0v) is 19.5. The average Bonchev–Trinajstić information content (AvgIpc) is 3.62. The zero-order valence-electron chi connectivity index (χ0n) is 18.7. The van der Waals surface area contributed by atoms with E-state index in [0.29, 0.717) is 41.7 Å². The van der Waals surface area contributed by atoms with Crippen molar-refractivity contribution in [3.05, 3.63) is 58.4 Å². The maximum Gasteiger partial charge on any atom is 0.261 e. The summed E-state index contributed by atoms with van der Waals surface area (Å²) < 4.78 is 11.3. The quantitative estimate of drug-likeness (QED) is 0.367. The lowest BCUT2D eigenvalue weighted by Gasteiger charge is -2.22. The molecule has 5 rings (SSSR count). The Morgan fingerprint density at radius 2 is 2.06 bits per heavy atom. The Morgan fingerprint density at radius 3 is 2.88 bits per heavy atom. The van der Waals surface area contributed by atoms with Crippen molar-refractivity contribution in [3.8, 4) is 11.3 Å². The van der Waals surface area contributed by atoms with Crippen molar-refractivity contribution >= 4 is 34.1 Å². The summed E-state index contributed by atoms with van der Waals surface area (Å²) in [5.41, 5.74) is 2.20. The third kappa shape index (κ3) is 4.73. The molecule has 10 heteroatoms. The highest BCUT2D eigenvalue weighted by atomic mass is 32.1. The van der Waals surface area contributed by atoms with Gasteiger partial charge in [0.05, 0.1) is 22.8 Å². The first-order chi connectivity index (χ1) is 16.6. The highest BCUT2D eigenvalue weighted by molar-refractivity contribution is 7.12. The van der Waals surface area contributed by atoms with E-state index in [1.807, 2.05) is 24.4 Å². The number of benzene rings is 1. The van der Waals surface area contributed by atoms with Crippen LogP contribution in [0, 0.1) is 0 Å². The lowest BCUT2D eigenvalue weighted by atomic mass is 10.1. The number of aromatic amines is 1. The third-order valence-corrected chi connectivity index (χ3v) is 6.83. The van der Waals surface area contributed by atoms with Crippen LogP contribution in [0.25, 0.3) is 22.2 Å². The number of hydrogen-bond acceptors (Lipinski definition) is 7. The first kappa shape index (κ1) is 22.3. The number of thiophene rings is 1. The summed E-state index contributed by atoms with van der Waals surface area (Å²) in [5.74, 6) is 0.687. The Kier molecular flexibility index (Phi) is 6.41. The van der Waals surface area contributed by atoms with Gasteiger partial charge in [-0.1, -0.05) is 6.92 Å². The molecule has 3 N–H and O–H groups in total. The van der Waals surface area contributed by atoms with E-state index >= 15 is 0 Å². The summed E-state index contributed by atoms with van der Waals surface area (Å²) in [7, 11) is 0. The second-order valence-electron chi connectivity index (χ2n) is 8.23. The fraction of sp³-hybridized carbons (Fsp3) is 0.333. The molecule has 0 unspecified atom stereocenters. The van der Waals surface area contributed by atoms with Gasteiger partial charge in [-0.25, -0.2) is 4.98 Å². The molecular formula is C24H25N5O4S. The molecule has 1 aliphatic heterocycles. The van der Waals surface area contributed by atoms with Gasteiger partial charge < -0.3 is 19.8 Å². The standard InChI is InChI=1S/C24H25N5O4S/c1-2-18(28-22(30)14-3-4-19-15(9-14)11-26-29-19)24-25-12-20(33-24)16-10-21(34-13-16)23(31)27-17-5-7-32-8-6-17/h3-4,9-13,17-18H,2,5-8H2,1H3,(H,26,29)(H,27,31)(H,28,30)/t18-/m1/s1. The molecule has 0 bridgehead atoms. The fourth-order valence-electron chi connectivity index (χ4n) is 3.93. The molecule has 0 radical (unpaired) electrons. The van der Waals surface area contributed by atoms with Gasteiger partial charge in [0.25, 0.3) is 11.8 Å². The van der Waals surface area contributed by atoms with Crippen molar-refractivity contribution < 1.29 is 18.7 Å². The van der Waals surface area contributed by atoms with Crippen LogP contribution in [0.3, 0.4) is 0 Å². The molecular weight excluding hydrogens is 454 g/mol. The van der Waals surface area contributed by atoms with Crippen LogP contribution in [0.15, 0.2) is 46.5 Å². The predicted molar refractivity (Wildman–Crippen MR) is 128 cm³/mol. The molecule has 1 saturated heterocycles. The van der Waals surface area contributed by atoms with Crippen molar-refractivity contribution in [2.24, 2.45) is 0 Å². The number of H-pyrrole nitrogens is 1. The van der Waals surface area contributed by atoms with E-state index in [9.17, 15) is 9.59 Å². The number of hydrogen-bond donors (Lipinski definition) is 3. The molecule has 4 aromatic rings. The number of oxazole rings is 1. The lowest BCUT2D eigenvalue weighted by molar-refractivity contribution is 0.0698. The topological polar surface area (TPSA) is 122 Å². The minimum atomic E-state index is -0.378. The number of amides is 2. The first-order valence-corrected chi connectivity index (χ1v) is 12.2. The lowest BCUT2D eigenvalue weighted by Crippen LogP contribution is -2.38. The normalized spacial score (nSPS) is 15.3. The van der Waals surface area contributed by atoms with Gasteiger partial charge in [0.2, 0.25) is 5.89 Å². The highest BCUT2D eigenvalue weighted by Gasteiger charge is 2.22. The van der Waals surface area contributed by atoms with Crippen LogP contribution in [0.4, 0.5) is 0 Å². The maximum atomic E-state index is 12.8. The Morgan fingerprint density at radius 1 is 1.21 bits per heavy atom. The number of carbonyl (C=O) groups is 2. The summed E-state index contributed by atoms with van der Waals surface area (Å²) in [6.45, 7) is 3.31. The van der Waals surface area contributed by atoms with Crippen LogP contribution in [-0.2, 0) is 4.74 Å². The van der Waals surface area contributed by atoms with Crippen molar-refractivity contribution in [2.75, 3.05) is 13.2 Å². The average molecular weight is 480 g/mol. The first-order valence-electron chi connectivity index (χ1n) is 11.3. The van der Waals surface area contributed by atoms with Crippen molar-refractivity contribution in [1.82, 2.24) is 25.8 Å². The van der Waals surface area contributed by atoms with Crippen molar-refractivity contribution in [2.45, 2.75) is 38.3 Å². The molecule has 1 aliphatic rings. The number of nitrogens with zero attached hydrogens (tertiary/aromatic N) is 2. The molecule has 0 spiro atoms. The van der Waals surface area contributed by atoms with Gasteiger partial charge in [-0.15, -0.1) is 11.3 Å². The number of ether oxygens (including phenoxy) is 1. The number of nitrogens with one attached hydrogen (secondary N) is 3. The Balaban J connectivity index is 1.25. The van der Waals surface area contributed by atoms with E-state index in [2.05, 4.69) is 25.8 Å². The molecule has 3 aromatic heterocycles. The number of fused-ring (bicyclic) bond motifs is 1. The molecule has 9 nitrogen and oxygen atoms in total. The monoisotopic (exact) mass is 479 g/mol. The fourth-order valence-corrected chi connectivity index (χ4v) is 4.73. The number of rotatable bonds is 7. The van der Waals surface area contributed by atoms with Gasteiger partial charge in [-0.2, -0.15) is 5.10 Å². The van der Waals surface area contributed by atoms with E-state index in [0.717, 1.165) is 29.3 Å². The Hall–Kier alpha value is -3.50. The molecule has 1 fully saturated rings. The van der Waals surface area contributed by atoms with Crippen LogP contribution in [0.2, 0.25) is 0 Å². The summed E-state index contributed by atoms with van der Waals surface area (Å²) in [6.07, 6.45) is 5.58. The largest absolute Gasteiger partial charge is 0.438 e. The van der Waals surface area contributed by atoms with E-state index in [4.69, 9.17) is 9.15 Å². The van der Waals surface area contributed by atoms with E-state index in [-0.39, 0.29) is 23.9 Å². The molecule has 2 amide bonds. The Bertz CT molecular complexity index is 1300. The smallest absolute Gasteiger partial charge is 0.261 e. The maximum absolute atomic E-state index is 12.8. The Labute approximate surface area is 199 Å². The summed E-state index contributed by atoms with van der Waals surface area (Å²) >= 11 is 1.37. The molecule has 1 atom stereocenters. The SMILES string of the molecule is CC[C@@H](NC(=O)c1ccc2[nH]ncc2c1)c1ncc(-c2csc(C(=O)NC3CCOCC3)c2)o1. The van der Waals surface area contributed by atoms with Gasteiger partial charge in [0, 0.05) is 41.1 Å². The minimum absolute atomic E-state index is 0.0869. The summed E-state index contributed by atoms with van der Waals surface area (Å²) in [6, 6.07) is 6.95. The molecule has 0 aliphatic carbocycles. The van der Waals surface area contributed by atoms with Crippen LogP contribution < -0.4 is 10.6 Å². The molecule has 0 saturated carbocycles. The molecule has 1 aromatic carbocycles. The van der Waals surface area contributed by atoms with Gasteiger partial charge in [0.1, 0.15) is 6.04 Å². The van der Waals surface area contributed by atoms with E-state index in [1.165, 1.54) is 11.3 Å². The van der Waals surface area contributed by atoms with Crippen LogP contribution >= 0.6 is 11.3 Å². The third-order valence-electron chi connectivity index (χ3n) is 5.90. The second kappa shape index (κ2) is 9.78. The number of carbonyl (C=O) groups excluding carboxylic acids is 2. The number of aromatic nitrogens is 3. The second-order valence-corrected chi connectivity index (χ2v) is 9.14. The molecule has 176 valence electrons. The zero-order chi connectivity index (χ0) is 23.5. The van der Waals surface area contributed by atoms with Crippen LogP contribution in [-0.4, -0.2) is 46.3 Å². The van der Waals surface area contributed by atoms with Crippen LogP contribution in [0.5, 0.6) is 0 Å². The van der Waals surface area contributed by atoms with Gasteiger partial charge in [-0.05, 0) is 43.5 Å². The molecule has 4 heterocycles. The van der Waals surface area contributed by atoms with Crippen molar-refractivity contribution in [1.29, 1.82) is 0 Å². The van der Waals surface area contributed by atoms with Crippen LogP contribution in [0.1, 0.15) is 58.1 Å². The van der Waals surface area contributed by atoms with Crippen molar-refractivity contribution in [3.63, 3.8) is 0 Å². The van der Waals surface area contributed by atoms with E-state index in [1.54, 1.807) is 24.5 Å². The molecule has 34 heavy (non-hydrogen) atoms. The van der Waals surface area contributed by atoms with Gasteiger partial charge in [0.15, 0.2) is 5.76 Å². The predicted octanol–water partition coefficient (Wildman–Crippen LogP) is 4.07. The van der Waals surface area contributed by atoms with Gasteiger partial charge in [-0.3, -0.25) is 14.7 Å². The summed E-state index contributed by atoms with van der Waals surface area (Å²) in [5, 5.41) is 15.7. The summed E-state index contributed by atoms with van der Waals surface area (Å²) in [4.78, 5) is 30.4. The van der Waals surface area contributed by atoms with Gasteiger partial charge >= 0.3 is 0 Å².